The fourth-order valence-corrected chi connectivity index (χ4v) is 3.58. The predicted octanol–water partition coefficient (Wildman–Crippen LogP) is 2.72. The third-order valence-electron chi connectivity index (χ3n) is 4.68. The second-order valence-corrected chi connectivity index (χ2v) is 6.27. The van der Waals surface area contributed by atoms with Crippen LogP contribution in [-0.2, 0) is 6.54 Å². The molecule has 2 N–H and O–H groups in total. The number of nitrogens with two attached hydrogens (primary N) is 1. The lowest BCUT2D eigenvalue weighted by atomic mass is 10.1. The summed E-state index contributed by atoms with van der Waals surface area (Å²) in [5, 5.41) is 0.906. The maximum Gasteiger partial charge on any atom is 0.249 e. The van der Waals surface area contributed by atoms with E-state index in [0.717, 1.165) is 41.9 Å². The highest BCUT2D eigenvalue weighted by Crippen LogP contribution is 2.28. The van der Waals surface area contributed by atoms with Crippen LogP contribution in [0.5, 0.6) is 0 Å². The SMILES string of the molecule is NC(=O)c1cccc2c1cc(CN1CCCC1)n2-c1cccnc1. The third-order valence-corrected chi connectivity index (χ3v) is 4.68. The lowest BCUT2D eigenvalue weighted by Gasteiger charge is -2.17. The first kappa shape index (κ1) is 14.9. The highest BCUT2D eigenvalue weighted by atomic mass is 16.1. The highest BCUT2D eigenvalue weighted by Gasteiger charge is 2.19. The lowest BCUT2D eigenvalue weighted by Crippen LogP contribution is -2.20. The number of rotatable bonds is 4. The van der Waals surface area contributed by atoms with Crippen molar-refractivity contribution in [2.45, 2.75) is 19.4 Å². The minimum Gasteiger partial charge on any atom is -0.366 e. The van der Waals surface area contributed by atoms with Crippen LogP contribution in [0.15, 0.2) is 48.8 Å². The molecular weight excluding hydrogens is 300 g/mol. The van der Waals surface area contributed by atoms with Gasteiger partial charge in [0.25, 0.3) is 0 Å². The van der Waals surface area contributed by atoms with Gasteiger partial charge in [-0.3, -0.25) is 14.7 Å². The number of benzene rings is 1. The van der Waals surface area contributed by atoms with Gasteiger partial charge in [-0.1, -0.05) is 6.07 Å². The van der Waals surface area contributed by atoms with Crippen molar-refractivity contribution in [1.82, 2.24) is 14.5 Å². The number of nitrogens with zero attached hydrogens (tertiary/aromatic N) is 3. The Labute approximate surface area is 140 Å². The fraction of sp³-hybridized carbons (Fsp3) is 0.263. The summed E-state index contributed by atoms with van der Waals surface area (Å²) in [4.78, 5) is 18.5. The number of aromatic nitrogens is 2. The van der Waals surface area contributed by atoms with Crippen LogP contribution in [0, 0.1) is 0 Å². The van der Waals surface area contributed by atoms with Crippen LogP contribution in [-0.4, -0.2) is 33.4 Å². The summed E-state index contributed by atoms with van der Waals surface area (Å²) in [5.41, 5.74) is 9.30. The van der Waals surface area contributed by atoms with Crippen molar-refractivity contribution in [2.24, 2.45) is 5.73 Å². The van der Waals surface area contributed by atoms with Crippen molar-refractivity contribution in [3.63, 3.8) is 0 Å². The molecule has 0 atom stereocenters. The number of pyridine rings is 1. The molecule has 3 aromatic rings. The molecule has 24 heavy (non-hydrogen) atoms. The Morgan fingerprint density at radius 2 is 2.00 bits per heavy atom. The van der Waals surface area contributed by atoms with Crippen molar-refractivity contribution < 1.29 is 4.79 Å². The Morgan fingerprint density at radius 3 is 2.71 bits per heavy atom. The number of hydrogen-bond donors (Lipinski definition) is 1. The Bertz CT molecular complexity index is 879. The van der Waals surface area contributed by atoms with Crippen LogP contribution in [0.2, 0.25) is 0 Å². The van der Waals surface area contributed by atoms with E-state index >= 15 is 0 Å². The molecule has 0 aliphatic carbocycles. The second-order valence-electron chi connectivity index (χ2n) is 6.27. The molecule has 4 rings (SSSR count). The molecule has 0 saturated carbocycles. The molecule has 0 bridgehead atoms. The normalized spacial score (nSPS) is 15.2. The first-order valence-electron chi connectivity index (χ1n) is 8.30. The van der Waals surface area contributed by atoms with Crippen LogP contribution in [0.3, 0.4) is 0 Å². The molecular formula is C19H20N4O. The molecule has 122 valence electrons. The van der Waals surface area contributed by atoms with E-state index in [1.54, 1.807) is 12.3 Å². The summed E-state index contributed by atoms with van der Waals surface area (Å²) >= 11 is 0. The maximum absolute atomic E-state index is 11.8. The average molecular weight is 320 g/mol. The van der Waals surface area contributed by atoms with Gasteiger partial charge in [0.05, 0.1) is 17.4 Å². The minimum absolute atomic E-state index is 0.392. The van der Waals surface area contributed by atoms with E-state index in [1.165, 1.54) is 12.8 Å². The van der Waals surface area contributed by atoms with Crippen molar-refractivity contribution in [1.29, 1.82) is 0 Å². The molecule has 0 radical (unpaired) electrons. The van der Waals surface area contributed by atoms with E-state index < -0.39 is 5.91 Å². The number of carbonyl (C=O) groups excluding carboxylic acids is 1. The molecule has 0 spiro atoms. The van der Waals surface area contributed by atoms with Crippen molar-refractivity contribution in [2.75, 3.05) is 13.1 Å². The van der Waals surface area contributed by atoms with Gasteiger partial charge in [0, 0.05) is 29.4 Å². The second kappa shape index (κ2) is 6.09. The quantitative estimate of drug-likeness (QED) is 0.804. The van der Waals surface area contributed by atoms with Gasteiger partial charge >= 0.3 is 0 Å². The molecule has 1 fully saturated rings. The van der Waals surface area contributed by atoms with Gasteiger partial charge in [-0.15, -0.1) is 0 Å². The van der Waals surface area contributed by atoms with E-state index in [0.29, 0.717) is 5.56 Å². The summed E-state index contributed by atoms with van der Waals surface area (Å²) < 4.78 is 2.19. The van der Waals surface area contributed by atoms with E-state index in [2.05, 4.69) is 20.5 Å². The van der Waals surface area contributed by atoms with Crippen LogP contribution >= 0.6 is 0 Å². The maximum atomic E-state index is 11.8. The average Bonchev–Trinajstić information content (AvgIpc) is 3.22. The summed E-state index contributed by atoms with van der Waals surface area (Å²) in [6.45, 7) is 3.11. The molecule has 2 aromatic heterocycles. The van der Waals surface area contributed by atoms with Crippen molar-refractivity contribution >= 4 is 16.8 Å². The van der Waals surface area contributed by atoms with E-state index in [9.17, 15) is 4.79 Å². The number of likely N-dealkylation sites (tertiary alicyclic amines) is 1. The number of amides is 1. The predicted molar refractivity (Wildman–Crippen MR) is 94.1 cm³/mol. The lowest BCUT2D eigenvalue weighted by molar-refractivity contribution is 0.100. The van der Waals surface area contributed by atoms with Gasteiger partial charge in [-0.05, 0) is 56.3 Å². The zero-order chi connectivity index (χ0) is 16.5. The van der Waals surface area contributed by atoms with Gasteiger partial charge in [0.15, 0.2) is 0 Å². The zero-order valence-electron chi connectivity index (χ0n) is 13.5. The molecule has 1 aliphatic rings. The topological polar surface area (TPSA) is 64.2 Å². The fourth-order valence-electron chi connectivity index (χ4n) is 3.58. The van der Waals surface area contributed by atoms with Gasteiger partial charge < -0.3 is 10.3 Å². The Balaban J connectivity index is 1.91. The monoisotopic (exact) mass is 320 g/mol. The summed E-state index contributed by atoms with van der Waals surface area (Å²) in [5.74, 6) is -0.392. The smallest absolute Gasteiger partial charge is 0.249 e. The highest BCUT2D eigenvalue weighted by molar-refractivity contribution is 6.06. The molecule has 0 unspecified atom stereocenters. The molecule has 5 heteroatoms. The largest absolute Gasteiger partial charge is 0.366 e. The van der Waals surface area contributed by atoms with Crippen LogP contribution in [0.25, 0.3) is 16.6 Å². The number of carbonyl (C=O) groups is 1. The first-order chi connectivity index (χ1) is 11.7. The third kappa shape index (κ3) is 2.57. The van der Waals surface area contributed by atoms with Gasteiger partial charge in [-0.2, -0.15) is 0 Å². The molecule has 5 nitrogen and oxygen atoms in total. The zero-order valence-corrected chi connectivity index (χ0v) is 13.5. The molecule has 1 aliphatic heterocycles. The molecule has 3 heterocycles. The summed E-state index contributed by atoms with van der Waals surface area (Å²) in [6.07, 6.45) is 6.12. The van der Waals surface area contributed by atoms with Gasteiger partial charge in [0.2, 0.25) is 5.91 Å². The van der Waals surface area contributed by atoms with Crippen molar-refractivity contribution in [3.05, 3.63) is 60.0 Å². The Hall–Kier alpha value is -2.66. The summed E-state index contributed by atoms with van der Waals surface area (Å²) in [6, 6.07) is 11.8. The van der Waals surface area contributed by atoms with E-state index in [1.807, 2.05) is 30.5 Å². The Morgan fingerprint density at radius 1 is 1.17 bits per heavy atom. The van der Waals surface area contributed by atoms with Crippen LogP contribution < -0.4 is 5.73 Å². The van der Waals surface area contributed by atoms with Crippen LogP contribution in [0.4, 0.5) is 0 Å². The number of primary amides is 1. The van der Waals surface area contributed by atoms with E-state index in [-0.39, 0.29) is 0 Å². The Kier molecular flexibility index (Phi) is 3.78. The summed E-state index contributed by atoms with van der Waals surface area (Å²) in [7, 11) is 0. The molecule has 1 aromatic carbocycles. The van der Waals surface area contributed by atoms with Crippen molar-refractivity contribution in [3.8, 4) is 5.69 Å². The molecule has 1 amide bonds. The minimum atomic E-state index is -0.392. The number of hydrogen-bond acceptors (Lipinski definition) is 3. The first-order valence-corrected chi connectivity index (χ1v) is 8.30. The van der Waals surface area contributed by atoms with Gasteiger partial charge in [0.1, 0.15) is 0 Å². The van der Waals surface area contributed by atoms with E-state index in [4.69, 9.17) is 5.73 Å². The van der Waals surface area contributed by atoms with Gasteiger partial charge in [-0.25, -0.2) is 0 Å². The standard InChI is InChI=1S/C19H20N4O/c20-19(24)16-6-3-7-18-17(16)11-15(13-22-9-1-2-10-22)23(18)14-5-4-8-21-12-14/h3-8,11-12H,1-2,9-10,13H2,(H2,20,24). The number of fused-ring (bicyclic) bond motifs is 1. The van der Waals surface area contributed by atoms with Crippen LogP contribution in [0.1, 0.15) is 28.9 Å². The molecule has 1 saturated heterocycles.